The van der Waals surface area contributed by atoms with Crippen molar-refractivity contribution >= 4 is 29.3 Å². The molecule has 0 bridgehead atoms. The van der Waals surface area contributed by atoms with Crippen molar-refractivity contribution in [3.8, 4) is 11.1 Å². The average Bonchev–Trinajstić information content (AvgIpc) is 3.28. The molecular formula is C32H27NO4S. The molecular weight excluding hydrogens is 494 g/mol. The fourth-order valence-electron chi connectivity index (χ4n) is 4.84. The van der Waals surface area contributed by atoms with E-state index in [1.54, 1.807) is 24.3 Å². The molecule has 4 aromatic rings. The molecule has 0 saturated heterocycles. The van der Waals surface area contributed by atoms with Crippen molar-refractivity contribution in [3.63, 3.8) is 0 Å². The number of amides is 1. The SMILES string of the molecule is O=Cc1ccccc1SC(=O)[C@H](CCc1ccccc1)NC(=O)OCC1c2ccccc2-c2ccccc21. The predicted octanol–water partition coefficient (Wildman–Crippen LogP) is 6.66. The minimum absolute atomic E-state index is 0.0690. The Kier molecular flexibility index (Phi) is 8.00. The van der Waals surface area contributed by atoms with E-state index in [1.165, 1.54) is 0 Å². The first-order chi connectivity index (χ1) is 18.6. The van der Waals surface area contributed by atoms with Crippen LogP contribution in [0, 0.1) is 0 Å². The number of carbonyl (C=O) groups excluding carboxylic acids is 3. The summed E-state index contributed by atoms with van der Waals surface area (Å²) in [6, 6.07) is 32.2. The number of aryl methyl sites for hydroxylation is 1. The van der Waals surface area contributed by atoms with Crippen molar-refractivity contribution in [1.82, 2.24) is 5.32 Å². The van der Waals surface area contributed by atoms with Gasteiger partial charge in [-0.05, 0) is 58.5 Å². The van der Waals surface area contributed by atoms with Gasteiger partial charge in [-0.3, -0.25) is 9.59 Å². The number of ether oxygens (including phenoxy) is 1. The quantitative estimate of drug-likeness (QED) is 0.197. The van der Waals surface area contributed by atoms with Crippen LogP contribution in [0.5, 0.6) is 0 Å². The number of hydrogen-bond donors (Lipinski definition) is 1. The number of benzene rings is 4. The van der Waals surface area contributed by atoms with E-state index in [0.29, 0.717) is 23.3 Å². The van der Waals surface area contributed by atoms with Gasteiger partial charge in [-0.15, -0.1) is 0 Å². The van der Waals surface area contributed by atoms with Gasteiger partial charge in [0.25, 0.3) is 0 Å². The lowest BCUT2D eigenvalue weighted by atomic mass is 9.98. The first kappa shape index (κ1) is 25.5. The first-order valence-corrected chi connectivity index (χ1v) is 13.4. The zero-order chi connectivity index (χ0) is 26.3. The lowest BCUT2D eigenvalue weighted by Crippen LogP contribution is -2.40. The molecule has 1 aliphatic rings. The van der Waals surface area contributed by atoms with Gasteiger partial charge < -0.3 is 10.1 Å². The van der Waals surface area contributed by atoms with Gasteiger partial charge >= 0.3 is 6.09 Å². The Labute approximate surface area is 226 Å². The van der Waals surface area contributed by atoms with Gasteiger partial charge in [-0.25, -0.2) is 4.79 Å². The molecule has 4 aromatic carbocycles. The van der Waals surface area contributed by atoms with E-state index < -0.39 is 12.1 Å². The summed E-state index contributed by atoms with van der Waals surface area (Å²) in [5, 5.41) is 2.55. The third kappa shape index (κ3) is 5.71. The van der Waals surface area contributed by atoms with Gasteiger partial charge in [0.15, 0.2) is 6.29 Å². The minimum Gasteiger partial charge on any atom is -0.449 e. The van der Waals surface area contributed by atoms with Crippen molar-refractivity contribution < 1.29 is 19.1 Å². The van der Waals surface area contributed by atoms with E-state index in [4.69, 9.17) is 4.74 Å². The van der Waals surface area contributed by atoms with E-state index in [9.17, 15) is 14.4 Å². The Balaban J connectivity index is 1.28. The molecule has 38 heavy (non-hydrogen) atoms. The number of hydrogen-bond acceptors (Lipinski definition) is 5. The van der Waals surface area contributed by atoms with Gasteiger partial charge in [0.1, 0.15) is 12.6 Å². The van der Waals surface area contributed by atoms with E-state index in [0.717, 1.165) is 45.9 Å². The molecule has 190 valence electrons. The van der Waals surface area contributed by atoms with Crippen LogP contribution in [-0.2, 0) is 16.0 Å². The first-order valence-electron chi connectivity index (χ1n) is 12.6. The normalized spacial score (nSPS) is 12.7. The summed E-state index contributed by atoms with van der Waals surface area (Å²) in [5.41, 5.74) is 6.06. The van der Waals surface area contributed by atoms with Crippen molar-refractivity contribution in [2.45, 2.75) is 29.7 Å². The third-order valence-electron chi connectivity index (χ3n) is 6.74. The van der Waals surface area contributed by atoms with Crippen LogP contribution in [0.1, 0.15) is 39.4 Å². The maximum atomic E-state index is 13.3. The number of fused-ring (bicyclic) bond motifs is 3. The van der Waals surface area contributed by atoms with Gasteiger partial charge in [-0.2, -0.15) is 0 Å². The highest BCUT2D eigenvalue weighted by molar-refractivity contribution is 8.13. The highest BCUT2D eigenvalue weighted by Crippen LogP contribution is 2.44. The molecule has 0 unspecified atom stereocenters. The molecule has 5 rings (SSSR count). The highest BCUT2D eigenvalue weighted by Gasteiger charge is 2.30. The largest absolute Gasteiger partial charge is 0.449 e. The van der Waals surface area contributed by atoms with Crippen LogP contribution in [-0.4, -0.2) is 30.1 Å². The van der Waals surface area contributed by atoms with Crippen LogP contribution in [0.3, 0.4) is 0 Å². The smallest absolute Gasteiger partial charge is 0.407 e. The number of rotatable bonds is 9. The highest BCUT2D eigenvalue weighted by atomic mass is 32.2. The number of alkyl carbamates (subject to hydrolysis) is 1. The molecule has 1 N–H and O–H groups in total. The molecule has 1 aliphatic carbocycles. The zero-order valence-electron chi connectivity index (χ0n) is 20.7. The van der Waals surface area contributed by atoms with E-state index in [-0.39, 0.29) is 17.6 Å². The summed E-state index contributed by atoms with van der Waals surface area (Å²) in [7, 11) is 0. The summed E-state index contributed by atoms with van der Waals surface area (Å²) in [6.07, 6.45) is 1.11. The van der Waals surface area contributed by atoms with Gasteiger partial charge in [0, 0.05) is 16.4 Å². The van der Waals surface area contributed by atoms with Crippen molar-refractivity contribution in [1.29, 1.82) is 0 Å². The summed E-state index contributed by atoms with van der Waals surface area (Å²) < 4.78 is 5.70. The van der Waals surface area contributed by atoms with Gasteiger partial charge in [0.2, 0.25) is 5.12 Å². The monoisotopic (exact) mass is 521 g/mol. The average molecular weight is 522 g/mol. The Hall–Kier alpha value is -4.16. The second-order valence-corrected chi connectivity index (χ2v) is 10.2. The summed E-state index contributed by atoms with van der Waals surface area (Å²) in [4.78, 5) is 38.3. The summed E-state index contributed by atoms with van der Waals surface area (Å²) in [6.45, 7) is 0.167. The molecule has 0 radical (unpaired) electrons. The van der Waals surface area contributed by atoms with Crippen molar-refractivity contribution in [2.24, 2.45) is 0 Å². The van der Waals surface area contributed by atoms with Crippen LogP contribution >= 0.6 is 11.8 Å². The second-order valence-electron chi connectivity index (χ2n) is 9.12. The molecule has 0 saturated carbocycles. The fraction of sp³-hybridized carbons (Fsp3) is 0.156. The van der Waals surface area contributed by atoms with Gasteiger partial charge in [0.05, 0.1) is 0 Å². The van der Waals surface area contributed by atoms with Crippen LogP contribution in [0.2, 0.25) is 0 Å². The lowest BCUT2D eigenvalue weighted by Gasteiger charge is -2.19. The molecule has 0 aliphatic heterocycles. The molecule has 1 atom stereocenters. The number of aldehydes is 1. The third-order valence-corrected chi connectivity index (χ3v) is 7.82. The molecule has 0 heterocycles. The molecule has 0 fully saturated rings. The minimum atomic E-state index is -0.782. The predicted molar refractivity (Wildman–Crippen MR) is 149 cm³/mol. The summed E-state index contributed by atoms with van der Waals surface area (Å²) in [5.74, 6) is -0.0690. The lowest BCUT2D eigenvalue weighted by molar-refractivity contribution is -0.112. The summed E-state index contributed by atoms with van der Waals surface area (Å²) >= 11 is 0.964. The van der Waals surface area contributed by atoms with Gasteiger partial charge in [-0.1, -0.05) is 97.1 Å². The standard InChI is InChI=1S/C32H27NO4S/c34-20-23-12-4-9-17-30(23)38-31(35)29(19-18-22-10-2-1-3-11-22)33-32(36)37-21-28-26-15-7-5-13-24(26)25-14-6-8-16-27(25)28/h1-17,20,28-29H,18-19,21H2,(H,33,36)/t29-/m0/s1. The maximum absolute atomic E-state index is 13.3. The van der Waals surface area contributed by atoms with Crippen molar-refractivity contribution in [3.05, 3.63) is 125 Å². The van der Waals surface area contributed by atoms with E-state index >= 15 is 0 Å². The Morgan fingerprint density at radius 2 is 1.42 bits per heavy atom. The molecule has 5 nitrogen and oxygen atoms in total. The zero-order valence-corrected chi connectivity index (χ0v) is 21.5. The molecule has 0 aromatic heterocycles. The van der Waals surface area contributed by atoms with Crippen LogP contribution in [0.15, 0.2) is 108 Å². The number of thioether (sulfide) groups is 1. The maximum Gasteiger partial charge on any atom is 0.407 e. The van der Waals surface area contributed by atoms with Crippen LogP contribution in [0.25, 0.3) is 11.1 Å². The number of nitrogens with one attached hydrogen (secondary N) is 1. The Bertz CT molecular complexity index is 1410. The van der Waals surface area contributed by atoms with Crippen LogP contribution < -0.4 is 5.32 Å². The second kappa shape index (κ2) is 11.9. The van der Waals surface area contributed by atoms with Crippen LogP contribution in [0.4, 0.5) is 4.79 Å². The molecule has 0 spiro atoms. The molecule has 1 amide bonds. The fourth-order valence-corrected chi connectivity index (χ4v) is 5.75. The van der Waals surface area contributed by atoms with Crippen molar-refractivity contribution in [2.75, 3.05) is 6.61 Å². The number of carbonyl (C=O) groups is 3. The Morgan fingerprint density at radius 3 is 2.11 bits per heavy atom. The molecule has 6 heteroatoms. The van der Waals surface area contributed by atoms with E-state index in [2.05, 4.69) is 29.6 Å². The topological polar surface area (TPSA) is 72.5 Å². The Morgan fingerprint density at radius 1 is 0.816 bits per heavy atom. The van der Waals surface area contributed by atoms with E-state index in [1.807, 2.05) is 54.6 Å².